The molecule has 0 aliphatic rings. The molecule has 84 valence electrons. The number of halogens is 1. The molecule has 0 aromatic carbocycles. The van der Waals surface area contributed by atoms with E-state index in [2.05, 4.69) is 17.6 Å². The first-order valence-electron chi connectivity index (χ1n) is 4.44. The highest BCUT2D eigenvalue weighted by atomic mass is 35.5. The van der Waals surface area contributed by atoms with Crippen LogP contribution in [0.5, 0.6) is 0 Å². The van der Waals surface area contributed by atoms with E-state index in [-0.39, 0.29) is 5.15 Å². The maximum absolute atomic E-state index is 9.76. The van der Waals surface area contributed by atoms with Gasteiger partial charge in [-0.05, 0) is 18.2 Å². The zero-order chi connectivity index (χ0) is 11.4. The Balaban J connectivity index is 2.89. The maximum Gasteiger partial charge on any atom is 0.135 e. The van der Waals surface area contributed by atoms with Gasteiger partial charge in [0.25, 0.3) is 0 Å². The number of nitrogen functional groups attached to an aromatic ring is 1. The standard InChI is InChI=1S/C9H13ClN2O2S/c10-9-6(3-5(11)4-12-9)8(14)7(13)1-2-15/h3-4,7-8,13-15H,1-2,11H2. The second-order valence-electron chi connectivity index (χ2n) is 3.17. The molecule has 6 heteroatoms. The van der Waals surface area contributed by atoms with Crippen LogP contribution >= 0.6 is 24.2 Å². The first-order chi connectivity index (χ1) is 7.06. The lowest BCUT2D eigenvalue weighted by Crippen LogP contribution is -2.19. The lowest BCUT2D eigenvalue weighted by atomic mass is 10.0. The predicted octanol–water partition coefficient (Wildman–Crippen LogP) is 1.03. The first-order valence-corrected chi connectivity index (χ1v) is 5.45. The van der Waals surface area contributed by atoms with Crippen LogP contribution in [0.25, 0.3) is 0 Å². The molecule has 1 heterocycles. The van der Waals surface area contributed by atoms with Gasteiger partial charge in [0.15, 0.2) is 0 Å². The smallest absolute Gasteiger partial charge is 0.135 e. The summed E-state index contributed by atoms with van der Waals surface area (Å²) >= 11 is 9.75. The fourth-order valence-corrected chi connectivity index (χ4v) is 1.67. The summed E-state index contributed by atoms with van der Waals surface area (Å²) in [5.41, 5.74) is 6.24. The number of aliphatic hydroxyl groups excluding tert-OH is 2. The molecule has 1 rings (SSSR count). The van der Waals surface area contributed by atoms with Crippen LogP contribution in [-0.2, 0) is 0 Å². The van der Waals surface area contributed by atoms with Crippen molar-refractivity contribution in [2.24, 2.45) is 0 Å². The number of thiol groups is 1. The van der Waals surface area contributed by atoms with Crippen LogP contribution in [0, 0.1) is 0 Å². The molecule has 0 saturated carbocycles. The third kappa shape index (κ3) is 3.24. The van der Waals surface area contributed by atoms with Crippen molar-refractivity contribution in [2.45, 2.75) is 18.6 Å². The number of pyridine rings is 1. The molecule has 1 aromatic rings. The van der Waals surface area contributed by atoms with Gasteiger partial charge in [0.2, 0.25) is 0 Å². The second-order valence-corrected chi connectivity index (χ2v) is 3.98. The van der Waals surface area contributed by atoms with Crippen LogP contribution in [0.1, 0.15) is 18.1 Å². The number of hydrogen-bond acceptors (Lipinski definition) is 5. The fraction of sp³-hybridized carbons (Fsp3) is 0.444. The van der Waals surface area contributed by atoms with E-state index >= 15 is 0 Å². The number of nitrogens with two attached hydrogens (primary N) is 1. The maximum atomic E-state index is 9.76. The molecule has 0 radical (unpaired) electrons. The van der Waals surface area contributed by atoms with E-state index in [9.17, 15) is 10.2 Å². The lowest BCUT2D eigenvalue weighted by Gasteiger charge is -2.18. The van der Waals surface area contributed by atoms with E-state index in [1.807, 2.05) is 0 Å². The molecule has 0 aliphatic heterocycles. The van der Waals surface area contributed by atoms with E-state index in [1.54, 1.807) is 0 Å². The number of nitrogens with zero attached hydrogens (tertiary/aromatic N) is 1. The summed E-state index contributed by atoms with van der Waals surface area (Å²) in [4.78, 5) is 3.79. The van der Waals surface area contributed by atoms with Crippen LogP contribution in [0.2, 0.25) is 5.15 Å². The summed E-state index contributed by atoms with van der Waals surface area (Å²) < 4.78 is 0. The molecule has 4 nitrogen and oxygen atoms in total. The largest absolute Gasteiger partial charge is 0.397 e. The first kappa shape index (κ1) is 12.6. The minimum Gasteiger partial charge on any atom is -0.397 e. The van der Waals surface area contributed by atoms with Gasteiger partial charge >= 0.3 is 0 Å². The Morgan fingerprint density at radius 3 is 2.80 bits per heavy atom. The van der Waals surface area contributed by atoms with Gasteiger partial charge in [-0.1, -0.05) is 11.6 Å². The van der Waals surface area contributed by atoms with Crippen LogP contribution < -0.4 is 5.73 Å². The molecule has 2 atom stereocenters. The zero-order valence-corrected chi connectivity index (χ0v) is 9.62. The third-order valence-electron chi connectivity index (χ3n) is 2.00. The number of hydrogen-bond donors (Lipinski definition) is 4. The van der Waals surface area contributed by atoms with Gasteiger partial charge in [0, 0.05) is 5.56 Å². The summed E-state index contributed by atoms with van der Waals surface area (Å²) in [7, 11) is 0. The topological polar surface area (TPSA) is 79.4 Å². The van der Waals surface area contributed by atoms with Gasteiger partial charge in [0.1, 0.15) is 11.3 Å². The van der Waals surface area contributed by atoms with Crippen molar-refractivity contribution < 1.29 is 10.2 Å². The molecule has 0 fully saturated rings. The SMILES string of the molecule is Nc1cnc(Cl)c(C(O)C(O)CCS)c1. The Morgan fingerprint density at radius 1 is 1.53 bits per heavy atom. The molecule has 1 aromatic heterocycles. The Kier molecular flexibility index (Phi) is 4.66. The molecule has 4 N–H and O–H groups in total. The van der Waals surface area contributed by atoms with Crippen LogP contribution in [-0.4, -0.2) is 27.1 Å². The lowest BCUT2D eigenvalue weighted by molar-refractivity contribution is 0.0171. The molecule has 0 spiro atoms. The molecule has 0 amide bonds. The Bertz CT molecular complexity index is 338. The van der Waals surface area contributed by atoms with E-state index in [4.69, 9.17) is 17.3 Å². The summed E-state index contributed by atoms with van der Waals surface area (Å²) in [6, 6.07) is 1.50. The Hall–Kier alpha value is -0.490. The number of aromatic nitrogens is 1. The minimum atomic E-state index is -1.08. The van der Waals surface area contributed by atoms with Gasteiger partial charge < -0.3 is 15.9 Å². The summed E-state index contributed by atoms with van der Waals surface area (Å²) in [5.74, 6) is 0.478. The van der Waals surface area contributed by atoms with Gasteiger partial charge in [-0.3, -0.25) is 0 Å². The van der Waals surface area contributed by atoms with Crippen molar-refractivity contribution in [3.63, 3.8) is 0 Å². The van der Waals surface area contributed by atoms with Crippen molar-refractivity contribution in [3.05, 3.63) is 23.0 Å². The fourth-order valence-electron chi connectivity index (χ4n) is 1.19. The van der Waals surface area contributed by atoms with E-state index in [0.717, 1.165) is 0 Å². The van der Waals surface area contributed by atoms with Crippen molar-refractivity contribution in [1.29, 1.82) is 0 Å². The van der Waals surface area contributed by atoms with Crippen molar-refractivity contribution in [2.75, 3.05) is 11.5 Å². The Labute approximate surface area is 98.5 Å². The van der Waals surface area contributed by atoms with E-state index in [1.165, 1.54) is 12.3 Å². The van der Waals surface area contributed by atoms with Crippen molar-refractivity contribution in [1.82, 2.24) is 4.98 Å². The quantitative estimate of drug-likeness (QED) is 0.474. The molecule has 15 heavy (non-hydrogen) atoms. The van der Waals surface area contributed by atoms with Crippen molar-refractivity contribution >= 4 is 29.9 Å². The Morgan fingerprint density at radius 2 is 2.20 bits per heavy atom. The number of anilines is 1. The van der Waals surface area contributed by atoms with E-state index < -0.39 is 12.2 Å². The average molecular weight is 249 g/mol. The summed E-state index contributed by atoms with van der Waals surface area (Å²) in [6.07, 6.45) is -0.233. The van der Waals surface area contributed by atoms with Gasteiger partial charge in [-0.2, -0.15) is 12.6 Å². The van der Waals surface area contributed by atoms with Gasteiger partial charge in [-0.25, -0.2) is 4.98 Å². The molecule has 2 unspecified atom stereocenters. The molecule has 0 bridgehead atoms. The van der Waals surface area contributed by atoms with Crippen LogP contribution in [0.3, 0.4) is 0 Å². The minimum absolute atomic E-state index is 0.148. The summed E-state index contributed by atoms with van der Waals surface area (Å²) in [5, 5.41) is 19.5. The average Bonchev–Trinajstić information content (AvgIpc) is 2.21. The monoisotopic (exact) mass is 248 g/mol. The highest BCUT2D eigenvalue weighted by Crippen LogP contribution is 2.26. The van der Waals surface area contributed by atoms with Crippen molar-refractivity contribution in [3.8, 4) is 0 Å². The summed E-state index contributed by atoms with van der Waals surface area (Å²) in [6.45, 7) is 0. The molecular formula is C9H13ClN2O2S. The normalized spacial score (nSPS) is 14.9. The van der Waals surface area contributed by atoms with Gasteiger partial charge in [-0.15, -0.1) is 0 Å². The number of aliphatic hydroxyl groups is 2. The second kappa shape index (κ2) is 5.55. The van der Waals surface area contributed by atoms with Gasteiger partial charge in [0.05, 0.1) is 18.0 Å². The zero-order valence-electron chi connectivity index (χ0n) is 7.97. The molecule has 0 saturated heterocycles. The van der Waals surface area contributed by atoms with E-state index in [0.29, 0.717) is 23.4 Å². The number of rotatable bonds is 4. The third-order valence-corrected chi connectivity index (χ3v) is 2.57. The predicted molar refractivity (Wildman–Crippen MR) is 63.1 cm³/mol. The van der Waals surface area contributed by atoms with Crippen LogP contribution in [0.4, 0.5) is 5.69 Å². The highest BCUT2D eigenvalue weighted by Gasteiger charge is 2.20. The molecule has 0 aliphatic carbocycles. The highest BCUT2D eigenvalue weighted by molar-refractivity contribution is 7.80. The molecular weight excluding hydrogens is 236 g/mol. The van der Waals surface area contributed by atoms with Crippen LogP contribution in [0.15, 0.2) is 12.3 Å².